The van der Waals surface area contributed by atoms with Crippen LogP contribution in [0.4, 0.5) is 5.69 Å². The van der Waals surface area contributed by atoms with Gasteiger partial charge in [-0.25, -0.2) is 0 Å². The summed E-state index contributed by atoms with van der Waals surface area (Å²) in [4.78, 5) is 9.29. The molecule has 1 fully saturated rings. The number of rotatable bonds is 11. The van der Waals surface area contributed by atoms with Gasteiger partial charge in [0.05, 0.1) is 50.9 Å². The molecule has 188 valence electrons. The molecule has 1 aliphatic heterocycles. The van der Waals surface area contributed by atoms with Crippen LogP contribution in [0.25, 0.3) is 10.9 Å². The number of morpholine rings is 1. The molecular formula is C28H33N5O3. The van der Waals surface area contributed by atoms with Gasteiger partial charge in [0.15, 0.2) is 0 Å². The van der Waals surface area contributed by atoms with E-state index in [9.17, 15) is 0 Å². The molecule has 4 aromatic rings. The van der Waals surface area contributed by atoms with Gasteiger partial charge < -0.3 is 19.1 Å². The maximum Gasteiger partial charge on any atom is 0.119 e. The van der Waals surface area contributed by atoms with Crippen LogP contribution in [0.5, 0.6) is 5.75 Å². The zero-order valence-corrected chi connectivity index (χ0v) is 20.7. The molecule has 1 aliphatic rings. The Kier molecular flexibility index (Phi) is 8.07. The summed E-state index contributed by atoms with van der Waals surface area (Å²) in [6, 6.07) is 18.8. The molecule has 0 bridgehead atoms. The Bertz CT molecular complexity index is 1250. The molecule has 0 unspecified atom stereocenters. The van der Waals surface area contributed by atoms with Crippen molar-refractivity contribution in [1.82, 2.24) is 20.1 Å². The lowest BCUT2D eigenvalue weighted by Gasteiger charge is -2.26. The number of aromatic nitrogens is 3. The van der Waals surface area contributed by atoms with E-state index in [0.717, 1.165) is 74.0 Å². The van der Waals surface area contributed by atoms with Gasteiger partial charge in [-0.1, -0.05) is 24.3 Å². The van der Waals surface area contributed by atoms with Gasteiger partial charge in [0, 0.05) is 50.0 Å². The standard InChI is InChI=1S/C28H33N5O3/c1-34-27-4-2-3-22(15-27)19-33(20-23-5-6-24-18-30-31-28(24)16-23)26-7-8-29-25(17-26)21-36-14-11-32-9-12-35-13-10-32/h2-8,15-18H,9-14,19-21H2,1H3,(H,30,31). The summed E-state index contributed by atoms with van der Waals surface area (Å²) < 4.78 is 16.8. The lowest BCUT2D eigenvalue weighted by Crippen LogP contribution is -2.38. The predicted octanol–water partition coefficient (Wildman–Crippen LogP) is 4.02. The van der Waals surface area contributed by atoms with Gasteiger partial charge in [-0.2, -0.15) is 5.10 Å². The summed E-state index contributed by atoms with van der Waals surface area (Å²) in [5.74, 6) is 0.857. The highest BCUT2D eigenvalue weighted by Crippen LogP contribution is 2.24. The van der Waals surface area contributed by atoms with Crippen LogP contribution in [0.1, 0.15) is 16.8 Å². The fourth-order valence-corrected chi connectivity index (χ4v) is 4.47. The number of pyridine rings is 1. The molecule has 2 aromatic heterocycles. The monoisotopic (exact) mass is 487 g/mol. The molecule has 0 atom stereocenters. The van der Waals surface area contributed by atoms with Crippen molar-refractivity contribution < 1.29 is 14.2 Å². The van der Waals surface area contributed by atoms with Crippen LogP contribution in [-0.4, -0.2) is 66.6 Å². The van der Waals surface area contributed by atoms with E-state index in [1.165, 1.54) is 11.1 Å². The van der Waals surface area contributed by atoms with Crippen LogP contribution in [-0.2, 0) is 29.2 Å². The van der Waals surface area contributed by atoms with Crippen LogP contribution >= 0.6 is 0 Å². The number of nitrogens with zero attached hydrogens (tertiary/aromatic N) is 4. The van der Waals surface area contributed by atoms with Crippen LogP contribution in [0, 0.1) is 0 Å². The number of aromatic amines is 1. The van der Waals surface area contributed by atoms with Gasteiger partial charge in [-0.05, 0) is 41.5 Å². The van der Waals surface area contributed by atoms with E-state index in [-0.39, 0.29) is 0 Å². The zero-order chi connectivity index (χ0) is 24.6. The average Bonchev–Trinajstić information content (AvgIpc) is 3.40. The van der Waals surface area contributed by atoms with Crippen LogP contribution < -0.4 is 9.64 Å². The zero-order valence-electron chi connectivity index (χ0n) is 20.7. The second-order valence-corrected chi connectivity index (χ2v) is 9.01. The summed E-state index contributed by atoms with van der Waals surface area (Å²) in [5.41, 5.74) is 5.45. The quantitative estimate of drug-likeness (QED) is 0.320. The fourth-order valence-electron chi connectivity index (χ4n) is 4.47. The Morgan fingerprint density at radius 1 is 1.03 bits per heavy atom. The summed E-state index contributed by atoms with van der Waals surface area (Å²) in [6.45, 7) is 7.13. The van der Waals surface area contributed by atoms with Crippen LogP contribution in [0.3, 0.4) is 0 Å². The molecule has 0 spiro atoms. The number of ether oxygens (including phenoxy) is 3. The maximum atomic E-state index is 5.97. The van der Waals surface area contributed by atoms with Gasteiger partial charge in [0.1, 0.15) is 5.75 Å². The summed E-state index contributed by atoms with van der Waals surface area (Å²) in [7, 11) is 1.70. The summed E-state index contributed by atoms with van der Waals surface area (Å²) in [6.07, 6.45) is 3.72. The van der Waals surface area contributed by atoms with Gasteiger partial charge in [0.2, 0.25) is 0 Å². The number of H-pyrrole nitrogens is 1. The van der Waals surface area contributed by atoms with E-state index < -0.39 is 0 Å². The van der Waals surface area contributed by atoms with Gasteiger partial charge >= 0.3 is 0 Å². The lowest BCUT2D eigenvalue weighted by molar-refractivity contribution is 0.0177. The Balaban J connectivity index is 1.30. The number of benzene rings is 2. The molecule has 0 radical (unpaired) electrons. The van der Waals surface area contributed by atoms with E-state index >= 15 is 0 Å². The highest BCUT2D eigenvalue weighted by Gasteiger charge is 2.13. The Labute approximate surface area is 211 Å². The molecule has 36 heavy (non-hydrogen) atoms. The van der Waals surface area contributed by atoms with E-state index in [1.807, 2.05) is 24.5 Å². The summed E-state index contributed by atoms with van der Waals surface area (Å²) >= 11 is 0. The topological polar surface area (TPSA) is 75.7 Å². The minimum absolute atomic E-state index is 0.491. The number of methoxy groups -OCH3 is 1. The van der Waals surface area contributed by atoms with Crippen molar-refractivity contribution in [2.24, 2.45) is 0 Å². The third-order valence-corrected chi connectivity index (χ3v) is 6.46. The molecule has 8 nitrogen and oxygen atoms in total. The number of nitrogens with one attached hydrogen (secondary N) is 1. The van der Waals surface area contributed by atoms with Crippen molar-refractivity contribution in [2.75, 3.05) is 51.5 Å². The molecule has 1 saturated heterocycles. The molecule has 0 aliphatic carbocycles. The average molecular weight is 488 g/mol. The first-order chi connectivity index (χ1) is 17.8. The predicted molar refractivity (Wildman–Crippen MR) is 140 cm³/mol. The van der Waals surface area contributed by atoms with Crippen LogP contribution in [0.2, 0.25) is 0 Å². The molecule has 0 saturated carbocycles. The second kappa shape index (κ2) is 12.0. The molecule has 8 heteroatoms. The minimum Gasteiger partial charge on any atom is -0.497 e. The first-order valence-electron chi connectivity index (χ1n) is 12.4. The van der Waals surface area contributed by atoms with Crippen molar-refractivity contribution in [2.45, 2.75) is 19.7 Å². The molecule has 5 rings (SSSR count). The first-order valence-corrected chi connectivity index (χ1v) is 12.4. The summed E-state index contributed by atoms with van der Waals surface area (Å²) in [5, 5.41) is 8.35. The number of fused-ring (bicyclic) bond motifs is 1. The van der Waals surface area contributed by atoms with Crippen molar-refractivity contribution in [3.05, 3.63) is 83.8 Å². The largest absolute Gasteiger partial charge is 0.497 e. The normalized spacial score (nSPS) is 14.2. The van der Waals surface area contributed by atoms with Crippen molar-refractivity contribution in [3.8, 4) is 5.75 Å². The molecule has 2 aromatic carbocycles. The van der Waals surface area contributed by atoms with E-state index in [2.05, 4.69) is 67.4 Å². The third-order valence-electron chi connectivity index (χ3n) is 6.46. The number of anilines is 1. The van der Waals surface area contributed by atoms with Gasteiger partial charge in [0.25, 0.3) is 0 Å². The van der Waals surface area contributed by atoms with E-state index in [1.54, 1.807) is 7.11 Å². The first kappa shape index (κ1) is 24.2. The fraction of sp³-hybridized carbons (Fsp3) is 0.357. The highest BCUT2D eigenvalue weighted by molar-refractivity contribution is 5.78. The number of hydrogen-bond acceptors (Lipinski definition) is 7. The third kappa shape index (κ3) is 6.40. The molecule has 0 amide bonds. The molecule has 3 heterocycles. The van der Waals surface area contributed by atoms with Crippen molar-refractivity contribution in [3.63, 3.8) is 0 Å². The van der Waals surface area contributed by atoms with E-state index in [4.69, 9.17) is 14.2 Å². The number of hydrogen-bond donors (Lipinski definition) is 1. The van der Waals surface area contributed by atoms with Crippen LogP contribution in [0.15, 0.2) is 67.0 Å². The van der Waals surface area contributed by atoms with Crippen molar-refractivity contribution in [1.29, 1.82) is 0 Å². The Morgan fingerprint density at radius 3 is 2.75 bits per heavy atom. The smallest absolute Gasteiger partial charge is 0.119 e. The van der Waals surface area contributed by atoms with Gasteiger partial charge in [-0.3, -0.25) is 15.0 Å². The Hall–Kier alpha value is -3.46. The van der Waals surface area contributed by atoms with Gasteiger partial charge in [-0.15, -0.1) is 0 Å². The highest BCUT2D eigenvalue weighted by atomic mass is 16.5. The lowest BCUT2D eigenvalue weighted by atomic mass is 10.1. The van der Waals surface area contributed by atoms with Crippen molar-refractivity contribution >= 4 is 16.6 Å². The molecule has 1 N–H and O–H groups in total. The maximum absolute atomic E-state index is 5.97. The second-order valence-electron chi connectivity index (χ2n) is 9.01. The Morgan fingerprint density at radius 2 is 1.89 bits per heavy atom. The minimum atomic E-state index is 0.491. The SMILES string of the molecule is COc1cccc(CN(Cc2ccc3cn[nH]c3c2)c2ccnc(COCCN3CCOCC3)c2)c1. The van der Waals surface area contributed by atoms with E-state index in [0.29, 0.717) is 13.2 Å². The molecular weight excluding hydrogens is 454 g/mol.